The predicted molar refractivity (Wildman–Crippen MR) is 114 cm³/mol. The maximum atomic E-state index is 12.4. The van der Waals surface area contributed by atoms with Gasteiger partial charge in [0.25, 0.3) is 11.8 Å². The Bertz CT molecular complexity index is 791. The fourth-order valence-corrected chi connectivity index (χ4v) is 4.08. The Morgan fingerprint density at radius 1 is 1.10 bits per heavy atom. The monoisotopic (exact) mass is 439 g/mol. The first-order valence-corrected chi connectivity index (χ1v) is 10.9. The molecule has 0 bridgehead atoms. The molecule has 0 atom stereocenters. The topological polar surface area (TPSA) is 72.9 Å². The lowest BCUT2D eigenvalue weighted by molar-refractivity contribution is -0.127. The van der Waals surface area contributed by atoms with Crippen LogP contribution in [-0.2, 0) is 16.0 Å². The summed E-state index contributed by atoms with van der Waals surface area (Å²) in [4.78, 5) is 28.5. The van der Waals surface area contributed by atoms with Gasteiger partial charge in [0.05, 0.1) is 22.2 Å². The van der Waals surface area contributed by atoms with Crippen molar-refractivity contribution in [3.63, 3.8) is 0 Å². The van der Waals surface area contributed by atoms with E-state index in [1.165, 1.54) is 12.8 Å². The van der Waals surface area contributed by atoms with E-state index in [9.17, 15) is 14.7 Å². The number of amides is 2. The van der Waals surface area contributed by atoms with Gasteiger partial charge in [0, 0.05) is 13.1 Å². The molecule has 2 N–H and O–H groups in total. The number of halogens is 2. The second-order valence-corrected chi connectivity index (χ2v) is 8.38. The molecule has 0 unspecified atom stereocenters. The second kappa shape index (κ2) is 10.3. The summed E-state index contributed by atoms with van der Waals surface area (Å²) in [5.74, 6) is -1.26. The summed E-state index contributed by atoms with van der Waals surface area (Å²) >= 11 is 11.9. The minimum absolute atomic E-state index is 0.158. The van der Waals surface area contributed by atoms with Crippen LogP contribution >= 0.6 is 23.2 Å². The van der Waals surface area contributed by atoms with Gasteiger partial charge in [0.1, 0.15) is 0 Å². The molecular formula is C21H27Cl2N3O3. The van der Waals surface area contributed by atoms with E-state index in [1.807, 2.05) is 12.1 Å². The highest BCUT2D eigenvalue weighted by molar-refractivity contribution is 6.42. The Balaban J connectivity index is 1.40. The molecule has 2 heterocycles. The van der Waals surface area contributed by atoms with Crippen LogP contribution in [0.5, 0.6) is 0 Å². The number of carbonyl (C=O) groups excluding carboxylic acids is 2. The van der Waals surface area contributed by atoms with Crippen molar-refractivity contribution in [2.24, 2.45) is 0 Å². The number of hydrogen-bond donors (Lipinski definition) is 2. The number of hydrogen-bond acceptors (Lipinski definition) is 4. The van der Waals surface area contributed by atoms with E-state index in [4.69, 9.17) is 23.2 Å². The van der Waals surface area contributed by atoms with Crippen molar-refractivity contribution in [2.45, 2.75) is 32.1 Å². The standard InChI is InChI=1S/C21H27Cl2N3O3/c22-17-7-6-15(13-18(17)23)5-3-8-24-20(28)16-14-26(21(29)19(16)27)12-4-11-25-9-1-2-10-25/h6-7,13,27H,1-5,8-12,14H2,(H,24,28). The Labute approximate surface area is 181 Å². The van der Waals surface area contributed by atoms with Gasteiger partial charge in [0.2, 0.25) is 0 Å². The number of nitrogens with one attached hydrogen (secondary N) is 1. The van der Waals surface area contributed by atoms with Gasteiger partial charge < -0.3 is 20.2 Å². The summed E-state index contributed by atoms with van der Waals surface area (Å²) in [6.07, 6.45) is 4.77. The number of aliphatic hydroxyl groups is 1. The van der Waals surface area contributed by atoms with Gasteiger partial charge in [0.15, 0.2) is 5.76 Å². The number of benzene rings is 1. The molecule has 0 saturated carbocycles. The minimum atomic E-state index is -0.452. The van der Waals surface area contributed by atoms with Crippen LogP contribution < -0.4 is 5.32 Å². The number of nitrogens with zero attached hydrogens (tertiary/aromatic N) is 2. The van der Waals surface area contributed by atoms with Crippen LogP contribution in [0.1, 0.15) is 31.2 Å². The quantitative estimate of drug-likeness (QED) is 0.579. The average molecular weight is 440 g/mol. The van der Waals surface area contributed by atoms with Gasteiger partial charge in [-0.1, -0.05) is 29.3 Å². The summed E-state index contributed by atoms with van der Waals surface area (Å²) in [6.45, 7) is 4.34. The highest BCUT2D eigenvalue weighted by atomic mass is 35.5. The van der Waals surface area contributed by atoms with E-state index < -0.39 is 11.7 Å². The highest BCUT2D eigenvalue weighted by Gasteiger charge is 2.33. The molecule has 1 saturated heterocycles. The molecule has 1 aromatic rings. The summed E-state index contributed by atoms with van der Waals surface area (Å²) in [5.41, 5.74) is 1.20. The first-order chi connectivity index (χ1) is 14.0. The maximum absolute atomic E-state index is 12.4. The predicted octanol–water partition coefficient (Wildman–Crippen LogP) is 3.18. The molecule has 2 aliphatic rings. The second-order valence-electron chi connectivity index (χ2n) is 7.56. The molecule has 0 aromatic heterocycles. The van der Waals surface area contributed by atoms with Gasteiger partial charge >= 0.3 is 0 Å². The van der Waals surface area contributed by atoms with E-state index in [0.717, 1.165) is 38.0 Å². The van der Waals surface area contributed by atoms with Crippen molar-refractivity contribution >= 4 is 35.0 Å². The van der Waals surface area contributed by atoms with Gasteiger partial charge in [-0.2, -0.15) is 0 Å². The molecule has 0 aliphatic carbocycles. The Kier molecular flexibility index (Phi) is 7.81. The van der Waals surface area contributed by atoms with Crippen LogP contribution in [0.2, 0.25) is 10.0 Å². The van der Waals surface area contributed by atoms with Crippen LogP contribution in [0, 0.1) is 0 Å². The van der Waals surface area contributed by atoms with Crippen molar-refractivity contribution in [2.75, 3.05) is 39.3 Å². The molecule has 0 spiro atoms. The lowest BCUT2D eigenvalue weighted by Crippen LogP contribution is -2.33. The molecule has 2 amide bonds. The normalized spacial score (nSPS) is 17.4. The van der Waals surface area contributed by atoms with Gasteiger partial charge in [-0.3, -0.25) is 9.59 Å². The fourth-order valence-electron chi connectivity index (χ4n) is 3.76. The summed E-state index contributed by atoms with van der Waals surface area (Å²) in [6, 6.07) is 5.47. The van der Waals surface area contributed by atoms with E-state index in [1.54, 1.807) is 11.0 Å². The van der Waals surface area contributed by atoms with Crippen molar-refractivity contribution in [3.05, 3.63) is 45.1 Å². The number of rotatable bonds is 9. The number of carbonyl (C=O) groups is 2. The smallest absolute Gasteiger partial charge is 0.289 e. The number of likely N-dealkylation sites (tertiary alicyclic amines) is 1. The highest BCUT2D eigenvalue weighted by Crippen LogP contribution is 2.23. The summed E-state index contributed by atoms with van der Waals surface area (Å²) in [7, 11) is 0. The van der Waals surface area contributed by atoms with Crippen LogP contribution in [-0.4, -0.2) is 66.0 Å². The minimum Gasteiger partial charge on any atom is -0.503 e. The van der Waals surface area contributed by atoms with Gasteiger partial charge in [-0.05, 0) is 69.4 Å². The number of aliphatic hydroxyl groups excluding tert-OH is 1. The molecule has 3 rings (SSSR count). The van der Waals surface area contributed by atoms with Crippen molar-refractivity contribution in [3.8, 4) is 0 Å². The first kappa shape index (κ1) is 21.9. The lowest BCUT2D eigenvalue weighted by Gasteiger charge is -2.19. The molecule has 158 valence electrons. The van der Waals surface area contributed by atoms with Crippen molar-refractivity contribution in [1.29, 1.82) is 0 Å². The molecule has 2 aliphatic heterocycles. The van der Waals surface area contributed by atoms with E-state index >= 15 is 0 Å². The molecule has 29 heavy (non-hydrogen) atoms. The van der Waals surface area contributed by atoms with Crippen molar-refractivity contribution in [1.82, 2.24) is 15.1 Å². The fraction of sp³-hybridized carbons (Fsp3) is 0.524. The van der Waals surface area contributed by atoms with Crippen LogP contribution in [0.3, 0.4) is 0 Å². The number of aryl methyl sites for hydroxylation is 1. The van der Waals surface area contributed by atoms with Crippen LogP contribution in [0.25, 0.3) is 0 Å². The van der Waals surface area contributed by atoms with Gasteiger partial charge in [-0.25, -0.2) is 0 Å². The van der Waals surface area contributed by atoms with Crippen molar-refractivity contribution < 1.29 is 14.7 Å². The van der Waals surface area contributed by atoms with E-state index in [2.05, 4.69) is 10.2 Å². The Morgan fingerprint density at radius 2 is 1.86 bits per heavy atom. The summed E-state index contributed by atoms with van der Waals surface area (Å²) in [5, 5.41) is 13.9. The average Bonchev–Trinajstić information content (AvgIpc) is 3.31. The molecular weight excluding hydrogens is 413 g/mol. The zero-order valence-electron chi connectivity index (χ0n) is 16.4. The van der Waals surface area contributed by atoms with Crippen LogP contribution in [0.15, 0.2) is 29.5 Å². The zero-order chi connectivity index (χ0) is 20.8. The van der Waals surface area contributed by atoms with E-state index in [0.29, 0.717) is 29.6 Å². The van der Waals surface area contributed by atoms with E-state index in [-0.39, 0.29) is 18.0 Å². The lowest BCUT2D eigenvalue weighted by atomic mass is 10.1. The van der Waals surface area contributed by atoms with Gasteiger partial charge in [-0.15, -0.1) is 0 Å². The molecule has 1 fully saturated rings. The Hall–Kier alpha value is -1.76. The maximum Gasteiger partial charge on any atom is 0.289 e. The first-order valence-electron chi connectivity index (χ1n) is 10.1. The third-order valence-corrected chi connectivity index (χ3v) is 6.15. The molecule has 0 radical (unpaired) electrons. The molecule has 8 heteroatoms. The Morgan fingerprint density at radius 3 is 2.59 bits per heavy atom. The molecule has 1 aromatic carbocycles. The van der Waals surface area contributed by atoms with Crippen LogP contribution in [0.4, 0.5) is 0 Å². The largest absolute Gasteiger partial charge is 0.503 e. The molecule has 6 nitrogen and oxygen atoms in total. The third kappa shape index (κ3) is 5.87. The third-order valence-electron chi connectivity index (χ3n) is 5.41. The summed E-state index contributed by atoms with van der Waals surface area (Å²) < 4.78 is 0. The zero-order valence-corrected chi connectivity index (χ0v) is 17.9. The SMILES string of the molecule is O=C(NCCCc1ccc(Cl)c(Cl)c1)C1=C(O)C(=O)N(CCCN2CCCC2)C1.